The van der Waals surface area contributed by atoms with Crippen molar-refractivity contribution in [3.63, 3.8) is 0 Å². The Balaban J connectivity index is 1.84. The fourth-order valence-corrected chi connectivity index (χ4v) is 2.81. The highest BCUT2D eigenvalue weighted by Crippen LogP contribution is 2.21. The van der Waals surface area contributed by atoms with Gasteiger partial charge in [-0.15, -0.1) is 0 Å². The molecule has 1 unspecified atom stereocenters. The van der Waals surface area contributed by atoms with E-state index in [-0.39, 0.29) is 11.7 Å². The number of halogens is 1. The van der Waals surface area contributed by atoms with Crippen molar-refractivity contribution >= 4 is 21.6 Å². The van der Waals surface area contributed by atoms with Crippen molar-refractivity contribution in [1.82, 2.24) is 5.32 Å². The van der Waals surface area contributed by atoms with Gasteiger partial charge in [-0.25, -0.2) is 12.8 Å². The number of sulfonamides is 1. The fraction of sp³-hybridized carbons (Fsp3) is 0.316. The molecule has 6 nitrogen and oxygen atoms in total. The van der Waals surface area contributed by atoms with Crippen molar-refractivity contribution in [3.05, 3.63) is 59.9 Å². The Bertz CT molecular complexity index is 868. The van der Waals surface area contributed by atoms with Crippen LogP contribution in [-0.2, 0) is 21.2 Å². The van der Waals surface area contributed by atoms with Gasteiger partial charge in [-0.05, 0) is 55.3 Å². The van der Waals surface area contributed by atoms with Crippen LogP contribution in [0.2, 0.25) is 0 Å². The molecule has 0 radical (unpaired) electrons. The van der Waals surface area contributed by atoms with E-state index < -0.39 is 16.1 Å². The van der Waals surface area contributed by atoms with Gasteiger partial charge in [-0.2, -0.15) is 0 Å². The maximum Gasteiger partial charge on any atom is 0.260 e. The number of carbonyl (C=O) groups is 1. The molecule has 146 valence electrons. The Hall–Kier alpha value is -2.61. The first-order valence-corrected chi connectivity index (χ1v) is 10.2. The Kier molecular flexibility index (Phi) is 6.79. The second-order valence-corrected chi connectivity index (χ2v) is 8.17. The largest absolute Gasteiger partial charge is 0.481 e. The van der Waals surface area contributed by atoms with Gasteiger partial charge in [0, 0.05) is 13.6 Å². The Morgan fingerprint density at radius 3 is 2.30 bits per heavy atom. The van der Waals surface area contributed by atoms with Crippen LogP contribution >= 0.6 is 0 Å². The summed E-state index contributed by atoms with van der Waals surface area (Å²) in [7, 11) is -1.87. The molecule has 0 aromatic heterocycles. The van der Waals surface area contributed by atoms with Gasteiger partial charge >= 0.3 is 0 Å². The molecule has 0 aliphatic carbocycles. The lowest BCUT2D eigenvalue weighted by molar-refractivity contribution is -0.127. The molecular weight excluding hydrogens is 371 g/mol. The summed E-state index contributed by atoms with van der Waals surface area (Å²) in [6, 6.07) is 12.6. The molecule has 1 atom stereocenters. The molecule has 0 aliphatic heterocycles. The number of rotatable bonds is 8. The summed E-state index contributed by atoms with van der Waals surface area (Å²) in [5, 5.41) is 2.77. The van der Waals surface area contributed by atoms with Crippen LogP contribution in [0.3, 0.4) is 0 Å². The molecule has 1 N–H and O–H groups in total. The Morgan fingerprint density at radius 2 is 1.74 bits per heavy atom. The van der Waals surface area contributed by atoms with E-state index in [1.807, 2.05) is 0 Å². The van der Waals surface area contributed by atoms with Gasteiger partial charge in [0.1, 0.15) is 11.6 Å². The molecule has 1 amide bonds. The van der Waals surface area contributed by atoms with Crippen LogP contribution in [0.4, 0.5) is 10.1 Å². The van der Waals surface area contributed by atoms with Crippen LogP contribution in [0.15, 0.2) is 48.5 Å². The van der Waals surface area contributed by atoms with Crippen molar-refractivity contribution in [2.75, 3.05) is 24.2 Å². The molecule has 0 aliphatic rings. The fourth-order valence-electron chi connectivity index (χ4n) is 2.31. The highest BCUT2D eigenvalue weighted by molar-refractivity contribution is 7.92. The quantitative estimate of drug-likeness (QED) is 0.746. The minimum absolute atomic E-state index is 0.269. The predicted molar refractivity (Wildman–Crippen MR) is 103 cm³/mol. The lowest BCUT2D eigenvalue weighted by Gasteiger charge is -2.18. The van der Waals surface area contributed by atoms with E-state index in [1.165, 1.54) is 19.2 Å². The molecule has 0 heterocycles. The number of anilines is 1. The number of benzene rings is 2. The van der Waals surface area contributed by atoms with Crippen molar-refractivity contribution < 1.29 is 22.3 Å². The van der Waals surface area contributed by atoms with Gasteiger partial charge in [-0.1, -0.05) is 12.1 Å². The Labute approximate surface area is 159 Å². The first-order chi connectivity index (χ1) is 12.7. The minimum Gasteiger partial charge on any atom is -0.481 e. The van der Waals surface area contributed by atoms with Gasteiger partial charge in [0.15, 0.2) is 6.10 Å². The van der Waals surface area contributed by atoms with E-state index in [0.717, 1.165) is 16.1 Å². The normalized spacial score (nSPS) is 12.3. The van der Waals surface area contributed by atoms with Crippen molar-refractivity contribution in [3.8, 4) is 5.75 Å². The van der Waals surface area contributed by atoms with Gasteiger partial charge in [0.2, 0.25) is 10.0 Å². The van der Waals surface area contributed by atoms with Gasteiger partial charge in [-0.3, -0.25) is 9.10 Å². The zero-order valence-electron chi connectivity index (χ0n) is 15.5. The van der Waals surface area contributed by atoms with E-state index in [4.69, 9.17) is 4.74 Å². The molecule has 2 rings (SSSR count). The lowest BCUT2D eigenvalue weighted by atomic mass is 10.1. The third kappa shape index (κ3) is 6.25. The zero-order chi connectivity index (χ0) is 20.0. The molecule has 27 heavy (non-hydrogen) atoms. The molecule has 2 aromatic carbocycles. The molecule has 0 spiro atoms. The number of hydrogen-bond donors (Lipinski definition) is 1. The molecule has 0 bridgehead atoms. The second-order valence-electron chi connectivity index (χ2n) is 6.15. The topological polar surface area (TPSA) is 75.7 Å². The van der Waals surface area contributed by atoms with E-state index in [9.17, 15) is 17.6 Å². The van der Waals surface area contributed by atoms with E-state index in [1.54, 1.807) is 43.3 Å². The van der Waals surface area contributed by atoms with Gasteiger partial charge < -0.3 is 10.1 Å². The Morgan fingerprint density at radius 1 is 1.15 bits per heavy atom. The molecule has 2 aromatic rings. The van der Waals surface area contributed by atoms with Crippen LogP contribution in [0, 0.1) is 5.82 Å². The lowest BCUT2D eigenvalue weighted by Crippen LogP contribution is -2.37. The number of amides is 1. The molecule has 0 fully saturated rings. The second kappa shape index (κ2) is 8.85. The van der Waals surface area contributed by atoms with Crippen molar-refractivity contribution in [2.45, 2.75) is 19.4 Å². The van der Waals surface area contributed by atoms with Crippen LogP contribution < -0.4 is 14.4 Å². The highest BCUT2D eigenvalue weighted by Gasteiger charge is 2.15. The first kappa shape index (κ1) is 20.7. The molecular formula is C19H23FN2O4S. The van der Waals surface area contributed by atoms with Gasteiger partial charge in [0.25, 0.3) is 5.91 Å². The minimum atomic E-state index is -3.33. The van der Waals surface area contributed by atoms with E-state index in [0.29, 0.717) is 24.4 Å². The summed E-state index contributed by atoms with van der Waals surface area (Å²) < 4.78 is 42.7. The summed E-state index contributed by atoms with van der Waals surface area (Å²) in [5.74, 6) is -0.102. The van der Waals surface area contributed by atoms with E-state index in [2.05, 4.69) is 5.32 Å². The number of hydrogen-bond acceptors (Lipinski definition) is 4. The van der Waals surface area contributed by atoms with Gasteiger partial charge in [0.05, 0.1) is 11.9 Å². The number of carbonyl (C=O) groups excluding carboxylic acids is 1. The predicted octanol–water partition coefficient (Wildman–Crippen LogP) is 2.35. The summed E-state index contributed by atoms with van der Waals surface area (Å²) in [6.07, 6.45) is 0.998. The van der Waals surface area contributed by atoms with E-state index >= 15 is 0 Å². The molecule has 0 saturated heterocycles. The summed E-state index contributed by atoms with van der Waals surface area (Å²) >= 11 is 0. The maximum atomic E-state index is 12.9. The van der Waals surface area contributed by atoms with Crippen LogP contribution in [-0.4, -0.2) is 40.3 Å². The summed E-state index contributed by atoms with van der Waals surface area (Å²) in [4.78, 5) is 12.1. The number of nitrogens with zero attached hydrogens (tertiary/aromatic N) is 1. The maximum absolute atomic E-state index is 12.9. The summed E-state index contributed by atoms with van der Waals surface area (Å²) in [6.45, 7) is 2.04. The van der Waals surface area contributed by atoms with Crippen molar-refractivity contribution in [1.29, 1.82) is 0 Å². The molecule has 8 heteroatoms. The van der Waals surface area contributed by atoms with Crippen LogP contribution in [0.5, 0.6) is 5.75 Å². The smallest absolute Gasteiger partial charge is 0.260 e. The van der Waals surface area contributed by atoms with Crippen molar-refractivity contribution in [2.24, 2.45) is 0 Å². The highest BCUT2D eigenvalue weighted by atomic mass is 32.2. The van der Waals surface area contributed by atoms with Crippen LogP contribution in [0.1, 0.15) is 12.5 Å². The average molecular weight is 394 g/mol. The number of nitrogens with one attached hydrogen (secondary N) is 1. The summed E-state index contributed by atoms with van der Waals surface area (Å²) in [5.41, 5.74) is 1.43. The third-order valence-electron chi connectivity index (χ3n) is 4.01. The standard InChI is InChI=1S/C19H23FN2O4S/c1-14(19(23)21-13-12-15-4-6-16(20)7-5-15)26-18-10-8-17(9-11-18)22(2)27(3,24)25/h4-11,14H,12-13H2,1-3H3,(H,21,23). The van der Waals surface area contributed by atoms with Crippen LogP contribution in [0.25, 0.3) is 0 Å². The zero-order valence-corrected chi connectivity index (χ0v) is 16.3. The third-order valence-corrected chi connectivity index (χ3v) is 5.21. The first-order valence-electron chi connectivity index (χ1n) is 8.39. The SMILES string of the molecule is CC(Oc1ccc(N(C)S(C)(=O)=O)cc1)C(=O)NCCc1ccc(F)cc1. The number of ether oxygens (including phenoxy) is 1. The average Bonchev–Trinajstić information content (AvgIpc) is 2.62. The monoisotopic (exact) mass is 394 g/mol. The molecule has 0 saturated carbocycles.